The van der Waals surface area contributed by atoms with Gasteiger partial charge >= 0.3 is 0 Å². The molecule has 0 spiro atoms. The van der Waals surface area contributed by atoms with Crippen LogP contribution < -0.4 is 15.5 Å². The van der Waals surface area contributed by atoms with Crippen LogP contribution in [-0.4, -0.2) is 39.2 Å². The van der Waals surface area contributed by atoms with Gasteiger partial charge in [0.1, 0.15) is 11.4 Å². The summed E-state index contributed by atoms with van der Waals surface area (Å²) in [5, 5.41) is 1.78. The third-order valence-corrected chi connectivity index (χ3v) is 4.46. The molecule has 0 fully saturated rings. The minimum absolute atomic E-state index is 0.158. The van der Waals surface area contributed by atoms with Crippen LogP contribution in [0.1, 0.15) is 0 Å². The summed E-state index contributed by atoms with van der Waals surface area (Å²) < 4.78 is 68.5. The van der Waals surface area contributed by atoms with Gasteiger partial charge in [0.05, 0.1) is 44.1 Å². The number of carbonyl (C=O) groups is 2. The summed E-state index contributed by atoms with van der Waals surface area (Å²) in [7, 11) is 2.47. The maximum absolute atomic E-state index is 14.7. The largest absolute Gasteiger partial charge is 0.497 e. The van der Waals surface area contributed by atoms with Crippen LogP contribution in [0.25, 0.3) is 11.1 Å². The predicted molar refractivity (Wildman–Crippen MR) is 99.9 cm³/mol. The van der Waals surface area contributed by atoms with E-state index in [2.05, 4.69) is 4.84 Å². The van der Waals surface area contributed by atoms with Crippen molar-refractivity contribution in [1.82, 2.24) is 5.48 Å². The van der Waals surface area contributed by atoms with E-state index in [1.165, 1.54) is 31.4 Å². The summed E-state index contributed by atoms with van der Waals surface area (Å²) in [5.74, 6) is -8.81. The maximum Gasteiger partial charge on any atom is 0.273 e. The molecular formula is C20H16F4N2O5. The number of benzene rings is 2. The van der Waals surface area contributed by atoms with E-state index in [0.29, 0.717) is 0 Å². The highest BCUT2D eigenvalue weighted by atomic mass is 19.2. The van der Waals surface area contributed by atoms with Gasteiger partial charge in [-0.1, -0.05) is 12.1 Å². The molecule has 1 heterocycles. The number of amides is 2. The van der Waals surface area contributed by atoms with Crippen LogP contribution in [-0.2, 0) is 19.2 Å². The van der Waals surface area contributed by atoms with Gasteiger partial charge in [0.2, 0.25) is 0 Å². The van der Waals surface area contributed by atoms with Crippen LogP contribution in [0.2, 0.25) is 0 Å². The number of hydrogen-bond acceptors (Lipinski definition) is 5. The lowest BCUT2D eigenvalue weighted by atomic mass is 10.0. The first-order valence-electron chi connectivity index (χ1n) is 8.74. The van der Waals surface area contributed by atoms with Crippen molar-refractivity contribution < 1.29 is 41.5 Å². The molecule has 2 amide bonds. The molecule has 7 nitrogen and oxygen atoms in total. The van der Waals surface area contributed by atoms with Crippen LogP contribution >= 0.6 is 0 Å². The number of methoxy groups -OCH3 is 1. The molecule has 0 radical (unpaired) electrons. The molecule has 2 N–H and O–H groups in total. The lowest BCUT2D eigenvalue weighted by Gasteiger charge is -2.14. The highest BCUT2D eigenvalue weighted by Gasteiger charge is 2.31. The van der Waals surface area contributed by atoms with E-state index >= 15 is 0 Å². The quantitative estimate of drug-likeness (QED) is 0.410. The summed E-state index contributed by atoms with van der Waals surface area (Å²) in [6.45, 7) is -0.616. The van der Waals surface area contributed by atoms with Crippen molar-refractivity contribution in [2.45, 2.75) is 0 Å². The van der Waals surface area contributed by atoms with Gasteiger partial charge in [0.15, 0.2) is 23.3 Å². The Hall–Kier alpha value is -3.44. The van der Waals surface area contributed by atoms with Gasteiger partial charge in [0, 0.05) is 0 Å². The van der Waals surface area contributed by atoms with Crippen LogP contribution in [0.15, 0.2) is 35.4 Å². The number of anilines is 1. The molecule has 0 saturated carbocycles. The molecular weight excluding hydrogens is 424 g/mol. The molecule has 0 saturated heterocycles. The van der Waals surface area contributed by atoms with Crippen molar-refractivity contribution in [2.75, 3.05) is 32.8 Å². The molecule has 0 aromatic heterocycles. The minimum atomic E-state index is -1.81. The smallest absolute Gasteiger partial charge is 0.273 e. The highest BCUT2D eigenvalue weighted by Crippen LogP contribution is 2.36. The first-order valence-corrected chi connectivity index (χ1v) is 8.74. The van der Waals surface area contributed by atoms with Crippen LogP contribution in [0.5, 0.6) is 5.75 Å². The van der Waals surface area contributed by atoms with E-state index in [-0.39, 0.29) is 35.7 Å². The van der Waals surface area contributed by atoms with E-state index in [1.54, 1.807) is 5.32 Å². The normalized spacial score (nSPS) is 13.4. The van der Waals surface area contributed by atoms with Gasteiger partial charge in [0.25, 0.3) is 11.8 Å². The Labute approximate surface area is 173 Å². The van der Waals surface area contributed by atoms with Crippen molar-refractivity contribution in [3.63, 3.8) is 0 Å². The fraction of sp³-hybridized carbons (Fsp3) is 0.200. The second-order valence-electron chi connectivity index (χ2n) is 6.28. The Balaban J connectivity index is 2.01. The lowest BCUT2D eigenvalue weighted by molar-refractivity contribution is -0.127. The Bertz CT molecular complexity index is 1060. The number of rotatable bonds is 6. The summed E-state index contributed by atoms with van der Waals surface area (Å²) >= 11 is 0. The average molecular weight is 440 g/mol. The maximum atomic E-state index is 14.7. The average Bonchev–Trinajstić information content (AvgIpc) is 3.26. The Morgan fingerprint density at radius 3 is 2.13 bits per heavy atom. The van der Waals surface area contributed by atoms with Crippen LogP contribution in [0, 0.1) is 23.3 Å². The van der Waals surface area contributed by atoms with E-state index < -0.39 is 46.3 Å². The molecule has 11 heteroatoms. The molecule has 31 heavy (non-hydrogen) atoms. The molecule has 164 valence electrons. The molecule has 0 bridgehead atoms. The number of halogens is 4. The number of hydrogen-bond donors (Lipinski definition) is 2. The zero-order valence-corrected chi connectivity index (χ0v) is 16.3. The number of hydroxylamine groups is 1. The van der Waals surface area contributed by atoms with Gasteiger partial charge in [-0.15, -0.1) is 0 Å². The summed E-state index contributed by atoms with van der Waals surface area (Å²) in [6.07, 6.45) is 0. The molecule has 0 unspecified atom stereocenters. The van der Waals surface area contributed by atoms with Crippen molar-refractivity contribution >= 4 is 17.5 Å². The fourth-order valence-electron chi connectivity index (χ4n) is 2.95. The third-order valence-electron chi connectivity index (χ3n) is 4.46. The highest BCUT2D eigenvalue weighted by molar-refractivity contribution is 6.10. The monoisotopic (exact) mass is 440 g/mol. The standard InChI is InChI=1S/C20H16F4N2O5/c1-29-10-5-3-4-9(6-10)13-14(21)16(23)18(17(24)15(13)22)25-19(27)11-7-31-8-12(11)20(28)26-30-2/h3-6H,7-8H2,1-2H3,(H,25,27)(H,26,28). The van der Waals surface area contributed by atoms with Gasteiger partial charge in [-0.05, 0) is 17.7 Å². The summed E-state index contributed by atoms with van der Waals surface area (Å²) in [6, 6.07) is 5.30. The van der Waals surface area contributed by atoms with E-state index in [4.69, 9.17) is 9.47 Å². The molecule has 3 rings (SSSR count). The minimum Gasteiger partial charge on any atom is -0.497 e. The second-order valence-corrected chi connectivity index (χ2v) is 6.28. The Morgan fingerprint density at radius 1 is 0.935 bits per heavy atom. The van der Waals surface area contributed by atoms with Gasteiger partial charge in [-0.25, -0.2) is 23.0 Å². The van der Waals surface area contributed by atoms with Crippen molar-refractivity contribution in [3.05, 3.63) is 58.7 Å². The van der Waals surface area contributed by atoms with Crippen molar-refractivity contribution in [3.8, 4) is 16.9 Å². The fourth-order valence-corrected chi connectivity index (χ4v) is 2.95. The van der Waals surface area contributed by atoms with E-state index in [0.717, 1.165) is 7.11 Å². The zero-order valence-electron chi connectivity index (χ0n) is 16.3. The SMILES string of the molecule is CONC(=O)C1=C(C(=O)Nc2c(F)c(F)c(-c3cccc(OC)c3)c(F)c2F)COC1. The number of nitrogens with one attached hydrogen (secondary N) is 2. The van der Waals surface area contributed by atoms with E-state index in [1.807, 2.05) is 5.48 Å². The van der Waals surface area contributed by atoms with Crippen molar-refractivity contribution in [1.29, 1.82) is 0 Å². The molecule has 0 aliphatic carbocycles. The Kier molecular flexibility index (Phi) is 6.56. The number of ether oxygens (including phenoxy) is 2. The van der Waals surface area contributed by atoms with Gasteiger partial charge in [-0.2, -0.15) is 0 Å². The summed E-state index contributed by atoms with van der Waals surface area (Å²) in [4.78, 5) is 28.8. The first kappa shape index (κ1) is 22.2. The zero-order chi connectivity index (χ0) is 22.7. The number of carbonyl (C=O) groups excluding carboxylic acids is 2. The molecule has 1 aliphatic rings. The predicted octanol–water partition coefficient (Wildman–Crippen LogP) is 2.86. The lowest BCUT2D eigenvalue weighted by Crippen LogP contribution is -2.27. The molecule has 2 aromatic carbocycles. The first-order chi connectivity index (χ1) is 14.8. The van der Waals surface area contributed by atoms with Crippen LogP contribution in [0.3, 0.4) is 0 Å². The summed E-state index contributed by atoms with van der Waals surface area (Å²) in [5.41, 5.74) is -0.922. The second kappa shape index (κ2) is 9.14. The third kappa shape index (κ3) is 4.23. The molecule has 2 aromatic rings. The van der Waals surface area contributed by atoms with Gasteiger partial charge < -0.3 is 14.8 Å². The topological polar surface area (TPSA) is 85.9 Å². The molecule has 1 aliphatic heterocycles. The van der Waals surface area contributed by atoms with Crippen molar-refractivity contribution in [2.24, 2.45) is 0 Å². The van der Waals surface area contributed by atoms with Crippen LogP contribution in [0.4, 0.5) is 23.2 Å². The Morgan fingerprint density at radius 2 is 1.55 bits per heavy atom. The van der Waals surface area contributed by atoms with Gasteiger partial charge in [-0.3, -0.25) is 14.4 Å². The van der Waals surface area contributed by atoms with E-state index in [9.17, 15) is 27.2 Å². The molecule has 0 atom stereocenters.